The molecule has 0 saturated heterocycles. The Kier molecular flexibility index (Phi) is 3.38. The van der Waals surface area contributed by atoms with Crippen LogP contribution in [0.3, 0.4) is 0 Å². The van der Waals surface area contributed by atoms with Crippen molar-refractivity contribution in [2.24, 2.45) is 0 Å². The van der Waals surface area contributed by atoms with Crippen LogP contribution in [0.2, 0.25) is 5.02 Å². The summed E-state index contributed by atoms with van der Waals surface area (Å²) >= 11 is 5.73. The number of halogens is 1. The number of hydrogen-bond acceptors (Lipinski definition) is 5. The monoisotopic (exact) mass is 336 g/mol. The van der Waals surface area contributed by atoms with Crippen LogP contribution in [0.4, 0.5) is 0 Å². The highest BCUT2D eigenvalue weighted by Crippen LogP contribution is 2.26. The quantitative estimate of drug-likeness (QED) is 0.746. The van der Waals surface area contributed by atoms with E-state index in [-0.39, 0.29) is 15.9 Å². The van der Waals surface area contributed by atoms with Crippen molar-refractivity contribution < 1.29 is 13.5 Å². The van der Waals surface area contributed by atoms with Crippen molar-refractivity contribution >= 4 is 32.5 Å². The van der Waals surface area contributed by atoms with E-state index in [1.807, 2.05) is 0 Å². The number of aromatic nitrogens is 2. The van der Waals surface area contributed by atoms with Crippen LogP contribution in [0.15, 0.2) is 57.2 Å². The van der Waals surface area contributed by atoms with E-state index >= 15 is 0 Å². The lowest BCUT2D eigenvalue weighted by Gasteiger charge is -2.07. The van der Waals surface area contributed by atoms with Gasteiger partial charge < -0.3 is 10.1 Å². The molecule has 0 bridgehead atoms. The van der Waals surface area contributed by atoms with E-state index in [0.29, 0.717) is 5.02 Å². The molecule has 112 valence electrons. The van der Waals surface area contributed by atoms with Crippen LogP contribution in [-0.2, 0) is 9.84 Å². The smallest absolute Gasteiger partial charge is 0.215 e. The third-order valence-corrected chi connectivity index (χ3v) is 5.16. The summed E-state index contributed by atoms with van der Waals surface area (Å²) in [7, 11) is -4.19. The Balaban J connectivity index is 2.34. The van der Waals surface area contributed by atoms with E-state index in [1.165, 1.54) is 42.6 Å². The zero-order valence-electron chi connectivity index (χ0n) is 10.9. The van der Waals surface area contributed by atoms with Crippen molar-refractivity contribution in [3.8, 4) is 5.88 Å². The van der Waals surface area contributed by atoms with E-state index in [1.54, 1.807) is 0 Å². The first-order valence-electron chi connectivity index (χ1n) is 6.12. The number of pyridine rings is 2. The van der Waals surface area contributed by atoms with Crippen molar-refractivity contribution in [3.05, 3.63) is 57.8 Å². The molecule has 2 heterocycles. The van der Waals surface area contributed by atoms with Crippen LogP contribution in [0, 0.1) is 0 Å². The lowest BCUT2D eigenvalue weighted by molar-refractivity contribution is 0.437. The maximum absolute atomic E-state index is 12.6. The van der Waals surface area contributed by atoms with Gasteiger partial charge in [-0.1, -0.05) is 11.6 Å². The van der Waals surface area contributed by atoms with E-state index in [9.17, 15) is 18.3 Å². The Morgan fingerprint density at radius 2 is 1.82 bits per heavy atom. The maximum atomic E-state index is 12.6. The van der Waals surface area contributed by atoms with Crippen LogP contribution in [0.25, 0.3) is 11.0 Å². The molecule has 0 aliphatic carbocycles. The highest BCUT2D eigenvalue weighted by Gasteiger charge is 2.27. The van der Waals surface area contributed by atoms with Gasteiger partial charge in [-0.3, -0.25) is 4.79 Å². The van der Waals surface area contributed by atoms with Crippen LogP contribution >= 0.6 is 11.6 Å². The Morgan fingerprint density at radius 3 is 2.50 bits per heavy atom. The third kappa shape index (κ3) is 2.24. The molecule has 0 unspecified atom stereocenters. The number of aromatic hydroxyl groups is 1. The molecular formula is C14H9ClN2O4S. The van der Waals surface area contributed by atoms with Gasteiger partial charge in [0.25, 0.3) is 0 Å². The SMILES string of the molecule is O=c1c(S(=O)(=O)c2ccc(Cl)cc2)c(O)[nH]c2ncccc12. The van der Waals surface area contributed by atoms with Crippen LogP contribution in [0.5, 0.6) is 5.88 Å². The molecule has 6 nitrogen and oxygen atoms in total. The average Bonchev–Trinajstić information content (AvgIpc) is 2.47. The van der Waals surface area contributed by atoms with Gasteiger partial charge in [0.2, 0.25) is 21.1 Å². The normalized spacial score (nSPS) is 11.7. The first-order valence-corrected chi connectivity index (χ1v) is 7.98. The number of nitrogens with one attached hydrogen (secondary N) is 1. The third-order valence-electron chi connectivity index (χ3n) is 3.10. The van der Waals surface area contributed by atoms with Gasteiger partial charge in [-0.25, -0.2) is 13.4 Å². The van der Waals surface area contributed by atoms with Crippen LogP contribution in [0.1, 0.15) is 0 Å². The number of hydrogen-bond donors (Lipinski definition) is 2. The molecule has 2 N–H and O–H groups in total. The van der Waals surface area contributed by atoms with Gasteiger partial charge in [0.05, 0.1) is 10.3 Å². The molecule has 0 saturated carbocycles. The fourth-order valence-corrected chi connectivity index (χ4v) is 3.58. The molecule has 0 radical (unpaired) electrons. The molecule has 2 aromatic heterocycles. The molecule has 22 heavy (non-hydrogen) atoms. The summed E-state index contributed by atoms with van der Waals surface area (Å²) in [6.45, 7) is 0. The number of sulfone groups is 1. The summed E-state index contributed by atoms with van der Waals surface area (Å²) in [5, 5.41) is 10.4. The molecule has 0 aliphatic rings. The van der Waals surface area contributed by atoms with Crippen molar-refractivity contribution in [3.63, 3.8) is 0 Å². The minimum Gasteiger partial charge on any atom is -0.494 e. The maximum Gasteiger partial charge on any atom is 0.215 e. The lowest BCUT2D eigenvalue weighted by Crippen LogP contribution is -2.17. The molecule has 1 aromatic carbocycles. The zero-order valence-corrected chi connectivity index (χ0v) is 12.5. The van der Waals surface area contributed by atoms with Gasteiger partial charge in [0.15, 0.2) is 4.90 Å². The predicted octanol–water partition coefficient (Wildman–Crippen LogP) is 2.11. The molecular weight excluding hydrogens is 328 g/mol. The van der Waals surface area contributed by atoms with Gasteiger partial charge in [-0.2, -0.15) is 0 Å². The van der Waals surface area contributed by atoms with Crippen molar-refractivity contribution in [1.82, 2.24) is 9.97 Å². The largest absolute Gasteiger partial charge is 0.494 e. The van der Waals surface area contributed by atoms with Gasteiger partial charge in [0.1, 0.15) is 5.65 Å². The lowest BCUT2D eigenvalue weighted by atomic mass is 10.3. The first kappa shape index (κ1) is 14.6. The predicted molar refractivity (Wildman–Crippen MR) is 80.9 cm³/mol. The minimum atomic E-state index is -4.19. The zero-order chi connectivity index (χ0) is 15.9. The second-order valence-corrected chi connectivity index (χ2v) is 6.81. The fraction of sp³-hybridized carbons (Fsp3) is 0. The van der Waals surface area contributed by atoms with Gasteiger partial charge >= 0.3 is 0 Å². The Morgan fingerprint density at radius 1 is 1.14 bits per heavy atom. The Bertz CT molecular complexity index is 1030. The van der Waals surface area contributed by atoms with Crippen molar-refractivity contribution in [2.75, 3.05) is 0 Å². The first-order chi connectivity index (χ1) is 10.4. The molecule has 3 rings (SSSR count). The summed E-state index contributed by atoms with van der Waals surface area (Å²) in [5.74, 6) is -0.744. The minimum absolute atomic E-state index is 0.0767. The van der Waals surface area contributed by atoms with E-state index in [2.05, 4.69) is 9.97 Å². The number of aromatic amines is 1. The molecule has 0 atom stereocenters. The number of benzene rings is 1. The Hall–Kier alpha value is -2.38. The summed E-state index contributed by atoms with van der Waals surface area (Å²) in [6, 6.07) is 8.26. The summed E-state index contributed by atoms with van der Waals surface area (Å²) in [5.41, 5.74) is -0.700. The van der Waals surface area contributed by atoms with Crippen molar-refractivity contribution in [1.29, 1.82) is 0 Å². The van der Waals surface area contributed by atoms with Gasteiger partial charge in [0, 0.05) is 11.2 Å². The van der Waals surface area contributed by atoms with E-state index < -0.39 is 26.0 Å². The average molecular weight is 337 g/mol. The van der Waals surface area contributed by atoms with Gasteiger partial charge in [-0.15, -0.1) is 0 Å². The molecule has 0 amide bonds. The summed E-state index contributed by atoms with van der Waals surface area (Å²) in [6.07, 6.45) is 1.42. The number of fused-ring (bicyclic) bond motifs is 1. The van der Waals surface area contributed by atoms with Crippen LogP contribution < -0.4 is 5.43 Å². The Labute approximate surface area is 129 Å². The second-order valence-electron chi connectivity index (χ2n) is 4.49. The number of H-pyrrole nitrogens is 1. The summed E-state index contributed by atoms with van der Waals surface area (Å²) < 4.78 is 25.2. The van der Waals surface area contributed by atoms with Crippen LogP contribution in [-0.4, -0.2) is 23.5 Å². The van der Waals surface area contributed by atoms with Gasteiger partial charge in [-0.05, 0) is 36.4 Å². The highest BCUT2D eigenvalue weighted by molar-refractivity contribution is 7.91. The second kappa shape index (κ2) is 5.11. The van der Waals surface area contributed by atoms with E-state index in [0.717, 1.165) is 0 Å². The topological polar surface area (TPSA) is 100 Å². The number of rotatable bonds is 2. The fourth-order valence-electron chi connectivity index (χ4n) is 2.07. The van der Waals surface area contributed by atoms with Crippen molar-refractivity contribution in [2.45, 2.75) is 9.79 Å². The standard InChI is InChI=1S/C14H9ClN2O4S/c15-8-3-5-9(6-4-8)22(20,21)12-11(18)10-2-1-7-16-13(10)17-14(12)19/h1-7H,(H2,16,17,18,19). The number of nitrogens with zero attached hydrogens (tertiary/aromatic N) is 1. The van der Waals surface area contributed by atoms with E-state index in [4.69, 9.17) is 11.6 Å². The molecule has 0 aliphatic heterocycles. The molecule has 8 heteroatoms. The molecule has 0 fully saturated rings. The molecule has 3 aromatic rings. The summed E-state index contributed by atoms with van der Waals surface area (Å²) in [4.78, 5) is 17.9. The highest BCUT2D eigenvalue weighted by atomic mass is 35.5. The molecule has 0 spiro atoms.